The zero-order valence-electron chi connectivity index (χ0n) is 10.8. The molecule has 0 amide bonds. The number of rotatable bonds is 6. The standard InChI is InChI=1S/C14H23NO/c1-11(2)10-16-14-8-6-5-7-13(14)9-15-12(3)4/h5-8,11-12,15H,9-10H2,1-4H3. The summed E-state index contributed by atoms with van der Waals surface area (Å²) >= 11 is 0. The topological polar surface area (TPSA) is 21.3 Å². The molecule has 0 aliphatic carbocycles. The summed E-state index contributed by atoms with van der Waals surface area (Å²) in [5.74, 6) is 1.57. The van der Waals surface area contributed by atoms with E-state index in [1.165, 1.54) is 5.56 Å². The Hall–Kier alpha value is -1.02. The highest BCUT2D eigenvalue weighted by Gasteiger charge is 2.04. The monoisotopic (exact) mass is 221 g/mol. The van der Waals surface area contributed by atoms with Crippen molar-refractivity contribution in [1.29, 1.82) is 0 Å². The van der Waals surface area contributed by atoms with E-state index in [-0.39, 0.29) is 0 Å². The van der Waals surface area contributed by atoms with Crippen LogP contribution in [0.1, 0.15) is 33.3 Å². The Bertz CT molecular complexity index is 276. The first-order valence-electron chi connectivity index (χ1n) is 6.03. The second-order valence-electron chi connectivity index (χ2n) is 4.85. The van der Waals surface area contributed by atoms with Crippen molar-refractivity contribution in [2.75, 3.05) is 6.61 Å². The van der Waals surface area contributed by atoms with Gasteiger partial charge >= 0.3 is 0 Å². The Morgan fingerprint density at radius 2 is 1.81 bits per heavy atom. The van der Waals surface area contributed by atoms with Gasteiger partial charge in [0, 0.05) is 18.2 Å². The van der Waals surface area contributed by atoms with Crippen molar-refractivity contribution in [3.63, 3.8) is 0 Å². The van der Waals surface area contributed by atoms with Crippen LogP contribution in [0.4, 0.5) is 0 Å². The van der Waals surface area contributed by atoms with Gasteiger partial charge in [-0.25, -0.2) is 0 Å². The summed E-state index contributed by atoms with van der Waals surface area (Å²) < 4.78 is 5.79. The van der Waals surface area contributed by atoms with E-state index in [0.29, 0.717) is 12.0 Å². The van der Waals surface area contributed by atoms with Crippen LogP contribution < -0.4 is 10.1 Å². The van der Waals surface area contributed by atoms with Crippen molar-refractivity contribution < 1.29 is 4.74 Å². The van der Waals surface area contributed by atoms with Gasteiger partial charge in [-0.15, -0.1) is 0 Å². The zero-order chi connectivity index (χ0) is 12.0. The largest absolute Gasteiger partial charge is 0.493 e. The molecule has 16 heavy (non-hydrogen) atoms. The van der Waals surface area contributed by atoms with Crippen LogP contribution >= 0.6 is 0 Å². The summed E-state index contributed by atoms with van der Waals surface area (Å²) in [5.41, 5.74) is 1.23. The minimum Gasteiger partial charge on any atom is -0.493 e. The summed E-state index contributed by atoms with van der Waals surface area (Å²) in [5, 5.41) is 3.41. The molecule has 0 saturated carbocycles. The van der Waals surface area contributed by atoms with E-state index in [1.54, 1.807) is 0 Å². The van der Waals surface area contributed by atoms with Crippen molar-refractivity contribution in [2.24, 2.45) is 5.92 Å². The van der Waals surface area contributed by atoms with E-state index in [1.807, 2.05) is 12.1 Å². The van der Waals surface area contributed by atoms with Crippen LogP contribution in [0.2, 0.25) is 0 Å². The molecule has 0 fully saturated rings. The summed E-state index contributed by atoms with van der Waals surface area (Å²) in [6.07, 6.45) is 0. The number of ether oxygens (including phenoxy) is 1. The van der Waals surface area contributed by atoms with E-state index < -0.39 is 0 Å². The van der Waals surface area contributed by atoms with Gasteiger partial charge in [0.05, 0.1) is 6.61 Å². The first kappa shape index (κ1) is 13.0. The highest BCUT2D eigenvalue weighted by atomic mass is 16.5. The van der Waals surface area contributed by atoms with E-state index in [2.05, 4.69) is 45.1 Å². The maximum atomic E-state index is 5.79. The van der Waals surface area contributed by atoms with Gasteiger partial charge in [-0.3, -0.25) is 0 Å². The number of hydrogen-bond donors (Lipinski definition) is 1. The molecule has 90 valence electrons. The summed E-state index contributed by atoms with van der Waals surface area (Å²) in [6.45, 7) is 10.3. The maximum absolute atomic E-state index is 5.79. The molecular formula is C14H23NO. The molecule has 0 atom stereocenters. The van der Waals surface area contributed by atoms with E-state index in [9.17, 15) is 0 Å². The molecule has 1 aromatic carbocycles. The molecule has 1 N–H and O–H groups in total. The number of nitrogens with one attached hydrogen (secondary N) is 1. The van der Waals surface area contributed by atoms with Crippen LogP contribution in [0.5, 0.6) is 5.75 Å². The van der Waals surface area contributed by atoms with Crippen LogP contribution in [-0.4, -0.2) is 12.6 Å². The molecule has 0 saturated heterocycles. The third kappa shape index (κ3) is 4.67. The third-order valence-corrected chi connectivity index (χ3v) is 2.25. The molecule has 0 bridgehead atoms. The second-order valence-corrected chi connectivity index (χ2v) is 4.85. The molecule has 0 radical (unpaired) electrons. The van der Waals surface area contributed by atoms with E-state index >= 15 is 0 Å². The lowest BCUT2D eigenvalue weighted by Gasteiger charge is -2.14. The Balaban J connectivity index is 2.60. The first-order chi connectivity index (χ1) is 7.59. The predicted molar refractivity (Wildman–Crippen MR) is 68.8 cm³/mol. The highest BCUT2D eigenvalue weighted by molar-refractivity contribution is 5.33. The number of benzene rings is 1. The number of para-hydroxylation sites is 1. The minimum atomic E-state index is 0.498. The Morgan fingerprint density at radius 3 is 2.44 bits per heavy atom. The van der Waals surface area contributed by atoms with E-state index in [4.69, 9.17) is 4.74 Å². The molecule has 0 heterocycles. The third-order valence-electron chi connectivity index (χ3n) is 2.25. The van der Waals surface area contributed by atoms with Crippen LogP contribution in [0.25, 0.3) is 0 Å². The predicted octanol–water partition coefficient (Wildman–Crippen LogP) is 3.22. The molecule has 0 aliphatic rings. The van der Waals surface area contributed by atoms with Crippen molar-refractivity contribution >= 4 is 0 Å². The smallest absolute Gasteiger partial charge is 0.123 e. The molecular weight excluding hydrogens is 198 g/mol. The Kier molecular flexibility index (Phi) is 5.33. The van der Waals surface area contributed by atoms with Gasteiger partial charge in [-0.1, -0.05) is 45.9 Å². The Morgan fingerprint density at radius 1 is 1.12 bits per heavy atom. The normalized spacial score (nSPS) is 11.1. The average Bonchev–Trinajstić information content (AvgIpc) is 2.24. The average molecular weight is 221 g/mol. The van der Waals surface area contributed by atoms with Gasteiger partial charge < -0.3 is 10.1 Å². The van der Waals surface area contributed by atoms with E-state index in [0.717, 1.165) is 18.9 Å². The van der Waals surface area contributed by atoms with Gasteiger partial charge in [0.2, 0.25) is 0 Å². The highest BCUT2D eigenvalue weighted by Crippen LogP contribution is 2.18. The van der Waals surface area contributed by atoms with Crippen molar-refractivity contribution in [2.45, 2.75) is 40.3 Å². The van der Waals surface area contributed by atoms with Crippen molar-refractivity contribution in [3.05, 3.63) is 29.8 Å². The minimum absolute atomic E-state index is 0.498. The fourth-order valence-electron chi connectivity index (χ4n) is 1.36. The molecule has 1 rings (SSSR count). The molecule has 0 unspecified atom stereocenters. The van der Waals surface area contributed by atoms with Gasteiger partial charge in [0.15, 0.2) is 0 Å². The van der Waals surface area contributed by atoms with Gasteiger partial charge in [-0.05, 0) is 12.0 Å². The molecule has 2 heteroatoms. The van der Waals surface area contributed by atoms with Crippen LogP contribution in [0, 0.1) is 5.92 Å². The van der Waals surface area contributed by atoms with Crippen molar-refractivity contribution in [1.82, 2.24) is 5.32 Å². The van der Waals surface area contributed by atoms with Gasteiger partial charge in [0.25, 0.3) is 0 Å². The van der Waals surface area contributed by atoms with Crippen molar-refractivity contribution in [3.8, 4) is 5.75 Å². The van der Waals surface area contributed by atoms with Crippen LogP contribution in [0.3, 0.4) is 0 Å². The summed E-state index contributed by atoms with van der Waals surface area (Å²) in [4.78, 5) is 0. The van der Waals surface area contributed by atoms with Gasteiger partial charge in [-0.2, -0.15) is 0 Å². The molecule has 0 aliphatic heterocycles. The van der Waals surface area contributed by atoms with Crippen LogP contribution in [-0.2, 0) is 6.54 Å². The quantitative estimate of drug-likeness (QED) is 0.796. The zero-order valence-corrected chi connectivity index (χ0v) is 10.8. The second kappa shape index (κ2) is 6.54. The molecule has 0 aromatic heterocycles. The first-order valence-corrected chi connectivity index (χ1v) is 6.03. The SMILES string of the molecule is CC(C)COc1ccccc1CNC(C)C. The molecule has 1 aromatic rings. The van der Waals surface area contributed by atoms with Crippen LogP contribution in [0.15, 0.2) is 24.3 Å². The fourth-order valence-corrected chi connectivity index (χ4v) is 1.36. The lowest BCUT2D eigenvalue weighted by atomic mass is 10.2. The maximum Gasteiger partial charge on any atom is 0.123 e. The van der Waals surface area contributed by atoms with Gasteiger partial charge in [0.1, 0.15) is 5.75 Å². The Labute approximate surface area is 99.0 Å². The lowest BCUT2D eigenvalue weighted by molar-refractivity contribution is 0.268. The summed E-state index contributed by atoms with van der Waals surface area (Å²) in [6, 6.07) is 8.73. The molecule has 2 nitrogen and oxygen atoms in total. The lowest BCUT2D eigenvalue weighted by Crippen LogP contribution is -2.22. The fraction of sp³-hybridized carbons (Fsp3) is 0.571. The number of hydrogen-bond acceptors (Lipinski definition) is 2. The molecule has 0 spiro atoms. The summed E-state index contributed by atoms with van der Waals surface area (Å²) in [7, 11) is 0.